The lowest BCUT2D eigenvalue weighted by Gasteiger charge is -2.11. The molecule has 0 saturated heterocycles. The van der Waals surface area contributed by atoms with Crippen molar-refractivity contribution in [2.45, 2.75) is 25.1 Å². The molecule has 1 heteroatoms. The molecule has 0 nitrogen and oxygen atoms in total. The number of halogens is 1. The van der Waals surface area contributed by atoms with Crippen LogP contribution in [0.1, 0.15) is 33.2 Å². The van der Waals surface area contributed by atoms with E-state index in [0.717, 1.165) is 12.8 Å². The van der Waals surface area contributed by atoms with Crippen molar-refractivity contribution in [3.05, 3.63) is 70.3 Å². The summed E-state index contributed by atoms with van der Waals surface area (Å²) in [6.07, 6.45) is 1.95. The van der Waals surface area contributed by atoms with Gasteiger partial charge in [-0.05, 0) is 42.0 Å². The maximum Gasteiger partial charge on any atom is 0.0628 e. The first-order chi connectivity index (χ1) is 8.24. The summed E-state index contributed by atoms with van der Waals surface area (Å²) in [5.74, 6) is 0. The first-order valence-corrected chi connectivity index (χ1v) is 6.48. The molecule has 2 aromatic rings. The Bertz CT molecular complexity index is 557. The van der Waals surface area contributed by atoms with Crippen molar-refractivity contribution in [1.82, 2.24) is 0 Å². The summed E-state index contributed by atoms with van der Waals surface area (Å²) in [7, 11) is 0. The third-order valence-electron chi connectivity index (χ3n) is 3.54. The average Bonchev–Trinajstić information content (AvgIpc) is 2.46. The van der Waals surface area contributed by atoms with Crippen molar-refractivity contribution in [3.63, 3.8) is 0 Å². The van der Waals surface area contributed by atoms with Gasteiger partial charge in [0.1, 0.15) is 0 Å². The minimum Gasteiger partial charge on any atom is -0.117 e. The zero-order valence-corrected chi connectivity index (χ0v) is 10.7. The SMILES string of the molecule is Cc1ccc2c(c1)C(Cl)Cc1ccccc1C2. The molecule has 17 heavy (non-hydrogen) atoms. The van der Waals surface area contributed by atoms with E-state index in [9.17, 15) is 0 Å². The normalized spacial score (nSPS) is 18.1. The summed E-state index contributed by atoms with van der Waals surface area (Å²) in [4.78, 5) is 0. The van der Waals surface area contributed by atoms with Gasteiger partial charge in [-0.1, -0.05) is 48.0 Å². The first-order valence-electron chi connectivity index (χ1n) is 6.04. The van der Waals surface area contributed by atoms with Crippen molar-refractivity contribution in [1.29, 1.82) is 0 Å². The molecule has 1 atom stereocenters. The van der Waals surface area contributed by atoms with Crippen LogP contribution >= 0.6 is 11.6 Å². The number of aryl methyl sites for hydroxylation is 1. The molecule has 0 aliphatic heterocycles. The van der Waals surface area contributed by atoms with Crippen LogP contribution in [0.5, 0.6) is 0 Å². The van der Waals surface area contributed by atoms with E-state index in [1.54, 1.807) is 0 Å². The average molecular weight is 243 g/mol. The highest BCUT2D eigenvalue weighted by atomic mass is 35.5. The fraction of sp³-hybridized carbons (Fsp3) is 0.250. The van der Waals surface area contributed by atoms with Crippen LogP contribution in [0.3, 0.4) is 0 Å². The second-order valence-electron chi connectivity index (χ2n) is 4.82. The molecule has 0 bridgehead atoms. The highest BCUT2D eigenvalue weighted by Crippen LogP contribution is 2.34. The van der Waals surface area contributed by atoms with E-state index in [1.165, 1.54) is 27.8 Å². The summed E-state index contributed by atoms with van der Waals surface area (Å²) in [6, 6.07) is 15.3. The Morgan fingerprint density at radius 1 is 1.00 bits per heavy atom. The van der Waals surface area contributed by atoms with Crippen LogP contribution in [0.2, 0.25) is 0 Å². The summed E-state index contributed by atoms with van der Waals surface area (Å²) in [6.45, 7) is 2.13. The Morgan fingerprint density at radius 2 is 1.76 bits per heavy atom. The topological polar surface area (TPSA) is 0 Å². The van der Waals surface area contributed by atoms with Gasteiger partial charge in [-0.15, -0.1) is 11.6 Å². The van der Waals surface area contributed by atoms with Crippen molar-refractivity contribution in [2.75, 3.05) is 0 Å². The fourth-order valence-corrected chi connectivity index (χ4v) is 2.97. The summed E-state index contributed by atoms with van der Waals surface area (Å²) in [5.41, 5.74) is 6.78. The molecule has 0 amide bonds. The van der Waals surface area contributed by atoms with E-state index in [2.05, 4.69) is 49.4 Å². The molecule has 0 aromatic heterocycles. The number of hydrogen-bond donors (Lipinski definition) is 0. The predicted octanol–water partition coefficient (Wildman–Crippen LogP) is 4.42. The Morgan fingerprint density at radius 3 is 2.59 bits per heavy atom. The number of rotatable bonds is 0. The number of hydrogen-bond acceptors (Lipinski definition) is 0. The number of benzene rings is 2. The Labute approximate surface area is 107 Å². The molecule has 0 saturated carbocycles. The standard InChI is InChI=1S/C16H15Cl/c1-11-6-7-14-9-12-4-2-3-5-13(12)10-16(17)15(14)8-11/h2-8,16H,9-10H2,1H3. The molecule has 0 N–H and O–H groups in total. The van der Waals surface area contributed by atoms with Crippen LogP contribution in [-0.4, -0.2) is 0 Å². The minimum absolute atomic E-state index is 0.105. The smallest absolute Gasteiger partial charge is 0.0628 e. The Kier molecular flexibility index (Phi) is 2.68. The van der Waals surface area contributed by atoms with Crippen molar-refractivity contribution >= 4 is 11.6 Å². The molecule has 1 aliphatic rings. The second-order valence-corrected chi connectivity index (χ2v) is 5.35. The van der Waals surface area contributed by atoms with Gasteiger partial charge < -0.3 is 0 Å². The van der Waals surface area contributed by atoms with Crippen LogP contribution in [0.15, 0.2) is 42.5 Å². The first kappa shape index (κ1) is 10.9. The maximum atomic E-state index is 6.55. The summed E-state index contributed by atoms with van der Waals surface area (Å²) >= 11 is 6.55. The van der Waals surface area contributed by atoms with E-state index in [0.29, 0.717) is 0 Å². The van der Waals surface area contributed by atoms with E-state index in [4.69, 9.17) is 11.6 Å². The minimum atomic E-state index is 0.105. The van der Waals surface area contributed by atoms with E-state index < -0.39 is 0 Å². The zero-order valence-electron chi connectivity index (χ0n) is 9.91. The largest absolute Gasteiger partial charge is 0.117 e. The lowest BCUT2D eigenvalue weighted by molar-refractivity contribution is 0.922. The van der Waals surface area contributed by atoms with Gasteiger partial charge in [-0.25, -0.2) is 0 Å². The third kappa shape index (κ3) is 1.98. The van der Waals surface area contributed by atoms with Crippen LogP contribution in [0.25, 0.3) is 0 Å². The van der Waals surface area contributed by atoms with E-state index in [1.807, 2.05) is 0 Å². The molecule has 1 aliphatic carbocycles. The number of alkyl halides is 1. The van der Waals surface area contributed by atoms with Gasteiger partial charge in [0.15, 0.2) is 0 Å². The lowest BCUT2D eigenvalue weighted by Crippen LogP contribution is -1.96. The van der Waals surface area contributed by atoms with Gasteiger partial charge in [-0.2, -0.15) is 0 Å². The molecule has 0 heterocycles. The lowest BCUT2D eigenvalue weighted by atomic mass is 9.99. The number of fused-ring (bicyclic) bond motifs is 2. The van der Waals surface area contributed by atoms with Gasteiger partial charge in [0.2, 0.25) is 0 Å². The van der Waals surface area contributed by atoms with Crippen LogP contribution < -0.4 is 0 Å². The van der Waals surface area contributed by atoms with E-state index in [-0.39, 0.29) is 5.38 Å². The van der Waals surface area contributed by atoms with Crippen molar-refractivity contribution in [2.24, 2.45) is 0 Å². The van der Waals surface area contributed by atoms with Crippen LogP contribution in [-0.2, 0) is 12.8 Å². The highest BCUT2D eigenvalue weighted by Gasteiger charge is 2.19. The molecule has 0 fully saturated rings. The molecular weight excluding hydrogens is 228 g/mol. The molecule has 86 valence electrons. The molecule has 0 spiro atoms. The summed E-state index contributed by atoms with van der Waals surface area (Å²) < 4.78 is 0. The zero-order chi connectivity index (χ0) is 11.8. The van der Waals surface area contributed by atoms with Gasteiger partial charge in [-0.3, -0.25) is 0 Å². The highest BCUT2D eigenvalue weighted by molar-refractivity contribution is 6.21. The van der Waals surface area contributed by atoms with Crippen LogP contribution in [0.4, 0.5) is 0 Å². The van der Waals surface area contributed by atoms with Crippen molar-refractivity contribution < 1.29 is 0 Å². The maximum absolute atomic E-state index is 6.55. The molecule has 1 unspecified atom stereocenters. The van der Waals surface area contributed by atoms with Gasteiger partial charge in [0.25, 0.3) is 0 Å². The molecule has 0 radical (unpaired) electrons. The quantitative estimate of drug-likeness (QED) is 0.600. The summed E-state index contributed by atoms with van der Waals surface area (Å²) in [5, 5.41) is 0.105. The molecular formula is C16H15Cl. The second kappa shape index (κ2) is 4.19. The van der Waals surface area contributed by atoms with Gasteiger partial charge in [0, 0.05) is 0 Å². The van der Waals surface area contributed by atoms with Crippen LogP contribution in [0, 0.1) is 6.92 Å². The molecule has 3 rings (SSSR count). The molecule has 2 aromatic carbocycles. The third-order valence-corrected chi connectivity index (χ3v) is 3.93. The fourth-order valence-electron chi connectivity index (χ4n) is 2.60. The Hall–Kier alpha value is -1.27. The Balaban J connectivity index is 2.14. The predicted molar refractivity (Wildman–Crippen MR) is 72.7 cm³/mol. The van der Waals surface area contributed by atoms with Gasteiger partial charge in [0.05, 0.1) is 5.38 Å². The van der Waals surface area contributed by atoms with E-state index >= 15 is 0 Å². The van der Waals surface area contributed by atoms with Crippen molar-refractivity contribution in [3.8, 4) is 0 Å². The monoisotopic (exact) mass is 242 g/mol. The van der Waals surface area contributed by atoms with Gasteiger partial charge >= 0.3 is 0 Å².